The number of nitrogens with zero attached hydrogens (tertiary/aromatic N) is 5. The molecule has 8 heteroatoms. The van der Waals surface area contributed by atoms with Crippen molar-refractivity contribution in [2.45, 2.75) is 19.8 Å². The molecule has 36 heavy (non-hydrogen) atoms. The number of carbonyl (C=O) groups is 2. The number of benzene rings is 2. The van der Waals surface area contributed by atoms with Gasteiger partial charge in [0.1, 0.15) is 6.54 Å². The fourth-order valence-corrected chi connectivity index (χ4v) is 4.80. The summed E-state index contributed by atoms with van der Waals surface area (Å²) in [5.74, 6) is 1.23. The molecule has 0 N–H and O–H groups in total. The second-order valence-corrected chi connectivity index (χ2v) is 9.98. The van der Waals surface area contributed by atoms with E-state index in [2.05, 4.69) is 15.1 Å². The summed E-state index contributed by atoms with van der Waals surface area (Å²) in [5, 5.41) is 9.41. The summed E-state index contributed by atoms with van der Waals surface area (Å²) in [6, 6.07) is 19.0. The third-order valence-electron chi connectivity index (χ3n) is 6.92. The van der Waals surface area contributed by atoms with Gasteiger partial charge in [0.2, 0.25) is 5.91 Å². The first-order valence-electron chi connectivity index (χ1n) is 12.5. The van der Waals surface area contributed by atoms with Crippen LogP contribution in [0.1, 0.15) is 28.8 Å². The van der Waals surface area contributed by atoms with Gasteiger partial charge in [-0.2, -0.15) is 0 Å². The van der Waals surface area contributed by atoms with Crippen molar-refractivity contribution >= 4 is 29.2 Å². The van der Waals surface area contributed by atoms with Crippen molar-refractivity contribution in [3.05, 3.63) is 76.8 Å². The molecular weight excluding hydrogens is 474 g/mol. The fourth-order valence-electron chi connectivity index (χ4n) is 4.57. The SMILES string of the molecule is Cc1ccccc1C(=O)N(CC(=O)N1CCN(c2ccc(-c3ccccc3Cl)nn2)CC1)CC1CC1. The second kappa shape index (κ2) is 10.7. The van der Waals surface area contributed by atoms with E-state index in [9.17, 15) is 9.59 Å². The van der Waals surface area contributed by atoms with Gasteiger partial charge in [0, 0.05) is 43.9 Å². The maximum atomic E-state index is 13.3. The molecule has 1 saturated carbocycles. The summed E-state index contributed by atoms with van der Waals surface area (Å²) in [6.45, 7) is 5.21. The minimum Gasteiger partial charge on any atom is -0.352 e. The third-order valence-corrected chi connectivity index (χ3v) is 7.25. The maximum Gasteiger partial charge on any atom is 0.254 e. The van der Waals surface area contributed by atoms with Crippen LogP contribution in [0, 0.1) is 12.8 Å². The molecule has 1 saturated heterocycles. The van der Waals surface area contributed by atoms with Gasteiger partial charge in [-0.1, -0.05) is 48.0 Å². The number of carbonyl (C=O) groups excluding carboxylic acids is 2. The van der Waals surface area contributed by atoms with E-state index in [1.165, 1.54) is 0 Å². The van der Waals surface area contributed by atoms with E-state index in [4.69, 9.17) is 11.6 Å². The number of piperazine rings is 1. The topological polar surface area (TPSA) is 69.6 Å². The second-order valence-electron chi connectivity index (χ2n) is 9.57. The van der Waals surface area contributed by atoms with Crippen molar-refractivity contribution in [1.82, 2.24) is 20.0 Å². The molecule has 2 fully saturated rings. The molecule has 0 bridgehead atoms. The lowest BCUT2D eigenvalue weighted by Gasteiger charge is -2.36. The minimum absolute atomic E-state index is 0.00242. The number of hydrogen-bond donors (Lipinski definition) is 0. The van der Waals surface area contributed by atoms with Crippen LogP contribution >= 0.6 is 11.6 Å². The molecule has 0 spiro atoms. The van der Waals surface area contributed by atoms with Crippen LogP contribution in [0.2, 0.25) is 5.02 Å². The maximum absolute atomic E-state index is 13.3. The molecule has 1 aliphatic carbocycles. The van der Waals surface area contributed by atoms with Crippen LogP contribution in [0.15, 0.2) is 60.7 Å². The molecule has 186 valence electrons. The van der Waals surface area contributed by atoms with E-state index in [1.807, 2.05) is 72.5 Å². The van der Waals surface area contributed by atoms with Gasteiger partial charge in [0.15, 0.2) is 5.82 Å². The Kier molecular flexibility index (Phi) is 7.18. The van der Waals surface area contributed by atoms with E-state index in [0.717, 1.165) is 35.5 Å². The van der Waals surface area contributed by atoms with Crippen LogP contribution in [-0.4, -0.2) is 71.1 Å². The highest BCUT2D eigenvalue weighted by Gasteiger charge is 2.31. The van der Waals surface area contributed by atoms with E-state index in [1.54, 1.807) is 4.90 Å². The Morgan fingerprint density at radius 1 is 0.944 bits per heavy atom. The van der Waals surface area contributed by atoms with Crippen LogP contribution in [0.3, 0.4) is 0 Å². The predicted octanol–water partition coefficient (Wildman–Crippen LogP) is 4.31. The van der Waals surface area contributed by atoms with Gasteiger partial charge in [0.25, 0.3) is 5.91 Å². The summed E-state index contributed by atoms with van der Waals surface area (Å²) in [5.41, 5.74) is 3.19. The number of aryl methyl sites for hydroxylation is 1. The number of aromatic nitrogens is 2. The van der Waals surface area contributed by atoms with Crippen LogP contribution in [0.25, 0.3) is 11.3 Å². The quantitative estimate of drug-likeness (QED) is 0.480. The van der Waals surface area contributed by atoms with E-state index in [-0.39, 0.29) is 18.4 Å². The molecule has 2 heterocycles. The largest absolute Gasteiger partial charge is 0.352 e. The Morgan fingerprint density at radius 3 is 2.33 bits per heavy atom. The first kappa shape index (κ1) is 24.3. The van der Waals surface area contributed by atoms with Crippen LogP contribution < -0.4 is 4.90 Å². The molecule has 7 nitrogen and oxygen atoms in total. The Morgan fingerprint density at radius 2 is 1.67 bits per heavy atom. The van der Waals surface area contributed by atoms with E-state index in [0.29, 0.717) is 49.2 Å². The normalized spacial score (nSPS) is 15.6. The summed E-state index contributed by atoms with van der Waals surface area (Å²) in [4.78, 5) is 32.2. The van der Waals surface area contributed by atoms with Crippen LogP contribution in [-0.2, 0) is 4.79 Å². The fraction of sp³-hybridized carbons (Fsp3) is 0.357. The van der Waals surface area contributed by atoms with Gasteiger partial charge in [-0.25, -0.2) is 0 Å². The van der Waals surface area contributed by atoms with Crippen molar-refractivity contribution < 1.29 is 9.59 Å². The molecule has 2 aliphatic rings. The van der Waals surface area contributed by atoms with Crippen molar-refractivity contribution in [1.29, 1.82) is 0 Å². The molecular formula is C28H30ClN5O2. The van der Waals surface area contributed by atoms with Gasteiger partial charge < -0.3 is 14.7 Å². The molecule has 0 radical (unpaired) electrons. The van der Waals surface area contributed by atoms with Crippen molar-refractivity contribution in [2.75, 3.05) is 44.2 Å². The molecule has 2 aromatic carbocycles. The van der Waals surface area contributed by atoms with Crippen molar-refractivity contribution in [3.8, 4) is 11.3 Å². The summed E-state index contributed by atoms with van der Waals surface area (Å²) >= 11 is 6.28. The number of anilines is 1. The number of amides is 2. The molecule has 0 unspecified atom stereocenters. The smallest absolute Gasteiger partial charge is 0.254 e. The highest BCUT2D eigenvalue weighted by atomic mass is 35.5. The lowest BCUT2D eigenvalue weighted by atomic mass is 10.1. The van der Waals surface area contributed by atoms with Crippen LogP contribution in [0.4, 0.5) is 5.82 Å². The highest BCUT2D eigenvalue weighted by Crippen LogP contribution is 2.30. The van der Waals surface area contributed by atoms with Gasteiger partial charge in [-0.3, -0.25) is 9.59 Å². The predicted molar refractivity (Wildman–Crippen MR) is 141 cm³/mol. The Bertz CT molecular complexity index is 1240. The zero-order valence-electron chi connectivity index (χ0n) is 20.4. The van der Waals surface area contributed by atoms with Crippen LogP contribution in [0.5, 0.6) is 0 Å². The van der Waals surface area contributed by atoms with Gasteiger partial charge in [-0.15, -0.1) is 10.2 Å². The Hall–Kier alpha value is -3.45. The number of halogens is 1. The lowest BCUT2D eigenvalue weighted by Crippen LogP contribution is -2.52. The molecule has 3 aromatic rings. The van der Waals surface area contributed by atoms with Gasteiger partial charge >= 0.3 is 0 Å². The molecule has 5 rings (SSSR count). The van der Waals surface area contributed by atoms with Gasteiger partial charge in [-0.05, 0) is 55.5 Å². The average Bonchev–Trinajstić information content (AvgIpc) is 3.73. The lowest BCUT2D eigenvalue weighted by molar-refractivity contribution is -0.132. The average molecular weight is 504 g/mol. The van der Waals surface area contributed by atoms with Crippen molar-refractivity contribution in [2.24, 2.45) is 5.92 Å². The first-order chi connectivity index (χ1) is 17.5. The third kappa shape index (κ3) is 5.51. The van der Waals surface area contributed by atoms with Crippen molar-refractivity contribution in [3.63, 3.8) is 0 Å². The zero-order valence-corrected chi connectivity index (χ0v) is 21.2. The standard InChI is InChI=1S/C28H30ClN5O2/c1-20-6-2-3-7-22(20)28(36)34(18-21-10-11-21)19-27(35)33-16-14-32(15-17-33)26-13-12-25(30-31-26)23-8-4-5-9-24(23)29/h2-9,12-13,21H,10-11,14-19H2,1H3. The highest BCUT2D eigenvalue weighted by molar-refractivity contribution is 6.33. The summed E-state index contributed by atoms with van der Waals surface area (Å²) < 4.78 is 0. The first-order valence-corrected chi connectivity index (χ1v) is 12.8. The molecule has 2 amide bonds. The summed E-state index contributed by atoms with van der Waals surface area (Å²) in [7, 11) is 0. The van der Waals surface area contributed by atoms with E-state index < -0.39 is 0 Å². The van der Waals surface area contributed by atoms with Gasteiger partial charge in [0.05, 0.1) is 10.7 Å². The van der Waals surface area contributed by atoms with E-state index >= 15 is 0 Å². The molecule has 1 aromatic heterocycles. The minimum atomic E-state index is -0.0548. The monoisotopic (exact) mass is 503 g/mol. The molecule has 1 aliphatic heterocycles. The Balaban J connectivity index is 1.19. The molecule has 0 atom stereocenters. The Labute approximate surface area is 216 Å². The number of hydrogen-bond acceptors (Lipinski definition) is 5. The zero-order chi connectivity index (χ0) is 25.1. The number of rotatable bonds is 7. The summed E-state index contributed by atoms with van der Waals surface area (Å²) in [6.07, 6.45) is 2.25.